The molecule has 1 aliphatic heterocycles. The third kappa shape index (κ3) is 4.67. The molecule has 1 unspecified atom stereocenters. The maximum absolute atomic E-state index is 3.75. The van der Waals surface area contributed by atoms with E-state index in [-0.39, 0.29) is 0 Å². The third-order valence-electron chi connectivity index (χ3n) is 3.69. The highest BCUT2D eigenvalue weighted by atomic mass is 15.1. The van der Waals surface area contributed by atoms with Gasteiger partial charge in [0.15, 0.2) is 0 Å². The number of nitrogens with one attached hydrogen (secondary N) is 1. The van der Waals surface area contributed by atoms with Crippen molar-refractivity contribution >= 4 is 0 Å². The Labute approximate surface area is 101 Å². The quantitative estimate of drug-likeness (QED) is 0.528. The van der Waals surface area contributed by atoms with E-state index in [1.165, 1.54) is 38.9 Å². The number of nitrogens with zero attached hydrogens (tertiary/aromatic N) is 1. The van der Waals surface area contributed by atoms with Gasteiger partial charge in [0.25, 0.3) is 0 Å². The number of piperidine rings is 1. The average molecular weight is 224 g/mol. The van der Waals surface area contributed by atoms with Crippen molar-refractivity contribution in [2.45, 2.75) is 45.6 Å². The minimum Gasteiger partial charge on any atom is -0.314 e. The molecule has 1 rings (SSSR count). The van der Waals surface area contributed by atoms with E-state index < -0.39 is 0 Å². The lowest BCUT2D eigenvalue weighted by Gasteiger charge is -2.35. The minimum atomic E-state index is 0.670. The lowest BCUT2D eigenvalue weighted by atomic mass is 9.90. The van der Waals surface area contributed by atoms with E-state index in [2.05, 4.69) is 30.6 Å². The van der Waals surface area contributed by atoms with Crippen LogP contribution in [0.25, 0.3) is 0 Å². The van der Waals surface area contributed by atoms with E-state index in [0.717, 1.165) is 18.9 Å². The molecule has 1 heterocycles. The Morgan fingerprint density at radius 1 is 1.44 bits per heavy atom. The van der Waals surface area contributed by atoms with Crippen LogP contribution in [0.4, 0.5) is 0 Å². The summed E-state index contributed by atoms with van der Waals surface area (Å²) in [6.07, 6.45) is 7.09. The molecule has 0 spiro atoms. The van der Waals surface area contributed by atoms with Gasteiger partial charge in [0.2, 0.25) is 0 Å². The number of rotatable bonds is 7. The van der Waals surface area contributed by atoms with Gasteiger partial charge >= 0.3 is 0 Å². The van der Waals surface area contributed by atoms with Crippen molar-refractivity contribution in [1.29, 1.82) is 0 Å². The van der Waals surface area contributed by atoms with Gasteiger partial charge in [-0.2, -0.15) is 0 Å². The number of hydrogen-bond acceptors (Lipinski definition) is 2. The van der Waals surface area contributed by atoms with Crippen molar-refractivity contribution in [1.82, 2.24) is 10.2 Å². The Kier molecular flexibility index (Phi) is 6.74. The van der Waals surface area contributed by atoms with Crippen LogP contribution in [-0.2, 0) is 0 Å². The molecule has 0 aromatic rings. The van der Waals surface area contributed by atoms with Gasteiger partial charge in [-0.05, 0) is 64.7 Å². The standard InChI is InChI=1S/C14H28N2/c1-4-6-9-15-13(3)14-7-11-16(10-5-2)12-8-14/h4,13-15H,1,5-12H2,2-3H3. The molecular weight excluding hydrogens is 196 g/mol. The van der Waals surface area contributed by atoms with Crippen LogP contribution in [0, 0.1) is 5.92 Å². The first kappa shape index (κ1) is 13.7. The van der Waals surface area contributed by atoms with Crippen molar-refractivity contribution < 1.29 is 0 Å². The molecule has 2 nitrogen and oxygen atoms in total. The van der Waals surface area contributed by atoms with Gasteiger partial charge < -0.3 is 10.2 Å². The van der Waals surface area contributed by atoms with Gasteiger partial charge in [0.05, 0.1) is 0 Å². The molecule has 94 valence electrons. The summed E-state index contributed by atoms with van der Waals surface area (Å²) in [6, 6.07) is 0.670. The van der Waals surface area contributed by atoms with Gasteiger partial charge in [0.1, 0.15) is 0 Å². The summed E-state index contributed by atoms with van der Waals surface area (Å²) in [7, 11) is 0. The van der Waals surface area contributed by atoms with Gasteiger partial charge in [-0.25, -0.2) is 0 Å². The van der Waals surface area contributed by atoms with Crippen LogP contribution in [0.2, 0.25) is 0 Å². The Morgan fingerprint density at radius 3 is 2.69 bits per heavy atom. The van der Waals surface area contributed by atoms with Crippen LogP contribution in [-0.4, -0.2) is 37.1 Å². The first-order valence-electron chi connectivity index (χ1n) is 6.84. The third-order valence-corrected chi connectivity index (χ3v) is 3.69. The van der Waals surface area contributed by atoms with E-state index in [4.69, 9.17) is 0 Å². The summed E-state index contributed by atoms with van der Waals surface area (Å²) in [5.74, 6) is 0.873. The molecule has 1 fully saturated rings. The second-order valence-corrected chi connectivity index (χ2v) is 5.00. The van der Waals surface area contributed by atoms with Gasteiger partial charge in [0, 0.05) is 6.04 Å². The molecule has 1 N–H and O–H groups in total. The number of likely N-dealkylation sites (tertiary alicyclic amines) is 1. The van der Waals surface area contributed by atoms with E-state index in [1.807, 2.05) is 6.08 Å². The highest BCUT2D eigenvalue weighted by Crippen LogP contribution is 2.20. The van der Waals surface area contributed by atoms with Crippen LogP contribution in [0.5, 0.6) is 0 Å². The second kappa shape index (κ2) is 7.86. The van der Waals surface area contributed by atoms with Crippen molar-refractivity contribution in [3.8, 4) is 0 Å². The van der Waals surface area contributed by atoms with Crippen molar-refractivity contribution in [3.05, 3.63) is 12.7 Å². The molecule has 1 aliphatic rings. The predicted octanol–water partition coefficient (Wildman–Crippen LogP) is 2.66. The maximum atomic E-state index is 3.75. The monoisotopic (exact) mass is 224 g/mol. The van der Waals surface area contributed by atoms with Crippen LogP contribution < -0.4 is 5.32 Å². The molecule has 1 saturated heterocycles. The molecule has 2 heteroatoms. The van der Waals surface area contributed by atoms with Gasteiger partial charge in [-0.15, -0.1) is 6.58 Å². The minimum absolute atomic E-state index is 0.670. The van der Waals surface area contributed by atoms with Crippen LogP contribution in [0.1, 0.15) is 39.5 Å². The van der Waals surface area contributed by atoms with Crippen LogP contribution in [0.3, 0.4) is 0 Å². The largest absolute Gasteiger partial charge is 0.314 e. The van der Waals surface area contributed by atoms with E-state index >= 15 is 0 Å². The number of hydrogen-bond donors (Lipinski definition) is 1. The Morgan fingerprint density at radius 2 is 2.12 bits per heavy atom. The molecule has 0 radical (unpaired) electrons. The molecule has 0 bridgehead atoms. The molecule has 0 aromatic carbocycles. The fraction of sp³-hybridized carbons (Fsp3) is 0.857. The summed E-state index contributed by atoms with van der Waals surface area (Å²) < 4.78 is 0. The fourth-order valence-electron chi connectivity index (χ4n) is 2.57. The van der Waals surface area contributed by atoms with Crippen molar-refractivity contribution in [2.75, 3.05) is 26.2 Å². The molecular formula is C14H28N2. The first-order chi connectivity index (χ1) is 7.77. The normalized spacial score (nSPS) is 20.9. The van der Waals surface area contributed by atoms with E-state index in [0.29, 0.717) is 6.04 Å². The summed E-state index contributed by atoms with van der Waals surface area (Å²) in [4.78, 5) is 2.60. The molecule has 16 heavy (non-hydrogen) atoms. The molecule has 0 saturated carbocycles. The van der Waals surface area contributed by atoms with Crippen LogP contribution >= 0.6 is 0 Å². The Bertz CT molecular complexity index is 183. The van der Waals surface area contributed by atoms with E-state index in [1.54, 1.807) is 0 Å². The van der Waals surface area contributed by atoms with Crippen molar-refractivity contribution in [2.24, 2.45) is 5.92 Å². The zero-order valence-corrected chi connectivity index (χ0v) is 11.0. The highest BCUT2D eigenvalue weighted by molar-refractivity contribution is 4.80. The Balaban J connectivity index is 2.16. The maximum Gasteiger partial charge on any atom is 0.00680 e. The average Bonchev–Trinajstić information content (AvgIpc) is 2.30. The summed E-state index contributed by atoms with van der Waals surface area (Å²) in [6.45, 7) is 13.3. The van der Waals surface area contributed by atoms with E-state index in [9.17, 15) is 0 Å². The lowest BCUT2D eigenvalue weighted by Crippen LogP contribution is -2.42. The molecule has 0 aromatic heterocycles. The zero-order chi connectivity index (χ0) is 11.8. The smallest absolute Gasteiger partial charge is 0.00680 e. The van der Waals surface area contributed by atoms with Gasteiger partial charge in [-0.1, -0.05) is 13.0 Å². The highest BCUT2D eigenvalue weighted by Gasteiger charge is 2.22. The summed E-state index contributed by atoms with van der Waals surface area (Å²) >= 11 is 0. The predicted molar refractivity (Wildman–Crippen MR) is 71.7 cm³/mol. The molecule has 1 atom stereocenters. The first-order valence-corrected chi connectivity index (χ1v) is 6.84. The van der Waals surface area contributed by atoms with Gasteiger partial charge in [-0.3, -0.25) is 0 Å². The fourth-order valence-corrected chi connectivity index (χ4v) is 2.57. The lowest BCUT2D eigenvalue weighted by molar-refractivity contribution is 0.163. The van der Waals surface area contributed by atoms with Crippen molar-refractivity contribution in [3.63, 3.8) is 0 Å². The SMILES string of the molecule is C=CCCNC(C)C1CCN(CCC)CC1. The Hall–Kier alpha value is -0.340. The molecule has 0 aliphatic carbocycles. The topological polar surface area (TPSA) is 15.3 Å². The summed E-state index contributed by atoms with van der Waals surface area (Å²) in [5.41, 5.74) is 0. The van der Waals surface area contributed by atoms with Crippen LogP contribution in [0.15, 0.2) is 12.7 Å². The second-order valence-electron chi connectivity index (χ2n) is 5.00. The zero-order valence-electron chi connectivity index (χ0n) is 11.0. The molecule has 0 amide bonds. The summed E-state index contributed by atoms with van der Waals surface area (Å²) in [5, 5.41) is 3.61.